The number of ketones is 1. The Balaban J connectivity index is 1.46. The fourth-order valence-corrected chi connectivity index (χ4v) is 3.47. The number of hydrogen-bond acceptors (Lipinski definition) is 5. The summed E-state index contributed by atoms with van der Waals surface area (Å²) in [5, 5.41) is 11.1. The molecule has 0 bridgehead atoms. The Morgan fingerprint density at radius 3 is 2.59 bits per heavy atom. The predicted molar refractivity (Wildman–Crippen MR) is 108 cm³/mol. The van der Waals surface area contributed by atoms with Crippen molar-refractivity contribution in [2.75, 3.05) is 44.2 Å². The van der Waals surface area contributed by atoms with E-state index in [9.17, 15) is 9.90 Å². The minimum absolute atomic E-state index is 0.0442. The molecule has 5 nitrogen and oxygen atoms in total. The molecule has 0 unspecified atom stereocenters. The summed E-state index contributed by atoms with van der Waals surface area (Å²) in [6.45, 7) is 5.74. The van der Waals surface area contributed by atoms with E-state index in [0.29, 0.717) is 17.9 Å². The third-order valence-corrected chi connectivity index (χ3v) is 4.95. The van der Waals surface area contributed by atoms with E-state index >= 15 is 0 Å². The molecule has 6 heteroatoms. The summed E-state index contributed by atoms with van der Waals surface area (Å²) < 4.78 is 5.68. The molecule has 3 rings (SSSR count). The first kappa shape index (κ1) is 19.7. The number of Topliss-reactive ketones (excluding diaryl/α,β-unsaturated/α-hetero) is 1. The lowest BCUT2D eigenvalue weighted by molar-refractivity contribution is 0.0656. The summed E-state index contributed by atoms with van der Waals surface area (Å²) in [5.41, 5.74) is 1.67. The van der Waals surface area contributed by atoms with E-state index in [4.69, 9.17) is 16.3 Å². The van der Waals surface area contributed by atoms with Gasteiger partial charge in [-0.15, -0.1) is 0 Å². The zero-order valence-electron chi connectivity index (χ0n) is 15.5. The van der Waals surface area contributed by atoms with Gasteiger partial charge in [-0.1, -0.05) is 29.8 Å². The van der Waals surface area contributed by atoms with Crippen LogP contribution in [0.3, 0.4) is 0 Å². The molecule has 1 heterocycles. The van der Waals surface area contributed by atoms with E-state index in [-0.39, 0.29) is 12.4 Å². The van der Waals surface area contributed by atoms with Gasteiger partial charge in [-0.2, -0.15) is 0 Å². The maximum Gasteiger partial charge on any atom is 0.163 e. The SMILES string of the molecule is CC(=O)c1ccccc1OC[C@H](O)CN1CCN(c2cccc(Cl)c2)CC1. The molecule has 27 heavy (non-hydrogen) atoms. The molecule has 1 saturated heterocycles. The van der Waals surface area contributed by atoms with Gasteiger partial charge in [0.15, 0.2) is 5.78 Å². The van der Waals surface area contributed by atoms with Crippen LogP contribution in [0.25, 0.3) is 0 Å². The number of carbonyl (C=O) groups excluding carboxylic acids is 1. The van der Waals surface area contributed by atoms with Gasteiger partial charge in [0.1, 0.15) is 18.5 Å². The number of hydrogen-bond donors (Lipinski definition) is 1. The molecule has 0 spiro atoms. The van der Waals surface area contributed by atoms with Crippen molar-refractivity contribution in [1.82, 2.24) is 4.90 Å². The van der Waals surface area contributed by atoms with Crippen LogP contribution in [-0.2, 0) is 0 Å². The van der Waals surface area contributed by atoms with Crippen molar-refractivity contribution in [1.29, 1.82) is 0 Å². The summed E-state index contributed by atoms with van der Waals surface area (Å²) in [7, 11) is 0. The smallest absolute Gasteiger partial charge is 0.163 e. The molecule has 1 aliphatic heterocycles. The zero-order valence-corrected chi connectivity index (χ0v) is 16.2. The monoisotopic (exact) mass is 388 g/mol. The Bertz CT molecular complexity index is 776. The molecule has 144 valence electrons. The second-order valence-electron chi connectivity index (χ2n) is 6.78. The minimum Gasteiger partial charge on any atom is -0.490 e. The number of aliphatic hydroxyl groups excluding tert-OH is 1. The van der Waals surface area contributed by atoms with Crippen LogP contribution < -0.4 is 9.64 Å². The normalized spacial score (nSPS) is 16.2. The van der Waals surface area contributed by atoms with E-state index in [1.165, 1.54) is 6.92 Å². The number of aliphatic hydroxyl groups is 1. The van der Waals surface area contributed by atoms with Crippen molar-refractivity contribution in [3.05, 3.63) is 59.1 Å². The van der Waals surface area contributed by atoms with Gasteiger partial charge in [0, 0.05) is 43.4 Å². The Hall–Kier alpha value is -2.08. The summed E-state index contributed by atoms with van der Waals surface area (Å²) in [5.74, 6) is 0.479. The fraction of sp³-hybridized carbons (Fsp3) is 0.381. The highest BCUT2D eigenvalue weighted by molar-refractivity contribution is 6.30. The van der Waals surface area contributed by atoms with Crippen LogP contribution >= 0.6 is 11.6 Å². The van der Waals surface area contributed by atoms with Crippen molar-refractivity contribution >= 4 is 23.1 Å². The number of para-hydroxylation sites is 1. The largest absolute Gasteiger partial charge is 0.490 e. The second kappa shape index (κ2) is 9.22. The third-order valence-electron chi connectivity index (χ3n) is 4.71. The van der Waals surface area contributed by atoms with Crippen molar-refractivity contribution in [3.8, 4) is 5.75 Å². The maximum atomic E-state index is 11.6. The fourth-order valence-electron chi connectivity index (χ4n) is 3.28. The minimum atomic E-state index is -0.609. The number of benzene rings is 2. The van der Waals surface area contributed by atoms with E-state index in [1.807, 2.05) is 24.3 Å². The van der Waals surface area contributed by atoms with Crippen LogP contribution in [0.15, 0.2) is 48.5 Å². The average Bonchev–Trinajstić information content (AvgIpc) is 2.67. The van der Waals surface area contributed by atoms with E-state index < -0.39 is 6.10 Å². The Kier molecular flexibility index (Phi) is 6.72. The summed E-state index contributed by atoms with van der Waals surface area (Å²) >= 11 is 6.07. The van der Waals surface area contributed by atoms with Crippen LogP contribution in [0.5, 0.6) is 5.75 Å². The van der Waals surface area contributed by atoms with E-state index in [0.717, 1.165) is 36.9 Å². The molecule has 0 saturated carbocycles. The van der Waals surface area contributed by atoms with E-state index in [1.54, 1.807) is 18.2 Å². The molecule has 2 aromatic rings. The van der Waals surface area contributed by atoms with Crippen molar-refractivity contribution in [2.45, 2.75) is 13.0 Å². The second-order valence-corrected chi connectivity index (χ2v) is 7.22. The molecular weight excluding hydrogens is 364 g/mol. The van der Waals surface area contributed by atoms with Crippen LogP contribution in [-0.4, -0.2) is 61.2 Å². The number of ether oxygens (including phenoxy) is 1. The van der Waals surface area contributed by atoms with Gasteiger partial charge in [0.2, 0.25) is 0 Å². The Labute approximate surface area is 165 Å². The number of carbonyl (C=O) groups is 1. The molecule has 1 aliphatic rings. The number of rotatable bonds is 7. The van der Waals surface area contributed by atoms with Crippen LogP contribution in [0, 0.1) is 0 Å². The van der Waals surface area contributed by atoms with Crippen LogP contribution in [0.4, 0.5) is 5.69 Å². The molecule has 0 amide bonds. The molecular formula is C21H25ClN2O3. The maximum absolute atomic E-state index is 11.6. The summed E-state index contributed by atoms with van der Waals surface area (Å²) in [6, 6.07) is 15.0. The van der Waals surface area contributed by atoms with Crippen molar-refractivity contribution in [3.63, 3.8) is 0 Å². The van der Waals surface area contributed by atoms with Gasteiger partial charge in [0.25, 0.3) is 0 Å². The first-order valence-electron chi connectivity index (χ1n) is 9.16. The number of nitrogens with zero attached hydrogens (tertiary/aromatic N) is 2. The zero-order chi connectivity index (χ0) is 19.2. The summed E-state index contributed by atoms with van der Waals surface area (Å²) in [4.78, 5) is 16.2. The number of piperazine rings is 1. The number of anilines is 1. The van der Waals surface area contributed by atoms with E-state index in [2.05, 4.69) is 15.9 Å². The topological polar surface area (TPSA) is 53.0 Å². The molecule has 0 aliphatic carbocycles. The molecule has 1 atom stereocenters. The molecule has 2 aromatic carbocycles. The molecule has 1 N–H and O–H groups in total. The highest BCUT2D eigenvalue weighted by Crippen LogP contribution is 2.21. The lowest BCUT2D eigenvalue weighted by Gasteiger charge is -2.36. The van der Waals surface area contributed by atoms with Crippen LogP contribution in [0.2, 0.25) is 5.02 Å². The van der Waals surface area contributed by atoms with Gasteiger partial charge in [-0.3, -0.25) is 9.69 Å². The van der Waals surface area contributed by atoms with Gasteiger partial charge >= 0.3 is 0 Å². The first-order valence-corrected chi connectivity index (χ1v) is 9.54. The standard InChI is InChI=1S/C21H25ClN2O3/c1-16(25)20-7-2-3-8-21(20)27-15-19(26)14-23-9-11-24(12-10-23)18-6-4-5-17(22)13-18/h2-8,13,19,26H,9-12,14-15H2,1H3/t19-/m1/s1. The average molecular weight is 389 g/mol. The first-order chi connectivity index (χ1) is 13.0. The van der Waals surface area contributed by atoms with Gasteiger partial charge in [-0.05, 0) is 37.3 Å². The van der Waals surface area contributed by atoms with Crippen molar-refractivity contribution in [2.24, 2.45) is 0 Å². The lowest BCUT2D eigenvalue weighted by Crippen LogP contribution is -2.49. The molecule has 0 radical (unpaired) electrons. The molecule has 0 aromatic heterocycles. The highest BCUT2D eigenvalue weighted by Gasteiger charge is 2.20. The Morgan fingerprint density at radius 1 is 1.15 bits per heavy atom. The van der Waals surface area contributed by atoms with Gasteiger partial charge in [-0.25, -0.2) is 0 Å². The van der Waals surface area contributed by atoms with Gasteiger partial charge < -0.3 is 14.7 Å². The Morgan fingerprint density at radius 2 is 1.89 bits per heavy atom. The number of halogens is 1. The highest BCUT2D eigenvalue weighted by atomic mass is 35.5. The third kappa shape index (κ3) is 5.45. The number of β-amino-alcohol motifs (C(OH)–C–C–N with tert-alkyl or cyclic N) is 1. The lowest BCUT2D eigenvalue weighted by atomic mass is 10.1. The van der Waals surface area contributed by atoms with Crippen LogP contribution in [0.1, 0.15) is 17.3 Å². The van der Waals surface area contributed by atoms with Crippen molar-refractivity contribution < 1.29 is 14.6 Å². The summed E-state index contributed by atoms with van der Waals surface area (Å²) in [6.07, 6.45) is -0.609. The quantitative estimate of drug-likeness (QED) is 0.738. The molecule has 1 fully saturated rings. The van der Waals surface area contributed by atoms with Gasteiger partial charge in [0.05, 0.1) is 5.56 Å². The predicted octanol–water partition coefficient (Wildman–Crippen LogP) is 3.10.